The summed E-state index contributed by atoms with van der Waals surface area (Å²) >= 11 is 1.35. The lowest BCUT2D eigenvalue weighted by atomic mass is 10.2. The van der Waals surface area contributed by atoms with E-state index in [1.807, 2.05) is 5.38 Å². The van der Waals surface area contributed by atoms with Crippen LogP contribution in [-0.4, -0.2) is 5.78 Å². The number of alkyl halides is 1. The number of Topliss-reactive ketones (excluding diaryl/α,β-unsaturated/α-hetero) is 1. The third-order valence-corrected chi connectivity index (χ3v) is 2.28. The van der Waals surface area contributed by atoms with E-state index in [0.29, 0.717) is 4.88 Å². The predicted molar refractivity (Wildman–Crippen MR) is 43.5 cm³/mol. The highest BCUT2D eigenvalue weighted by molar-refractivity contribution is 7.10. The van der Waals surface area contributed by atoms with Crippen molar-refractivity contribution in [1.29, 1.82) is 0 Å². The molecule has 0 spiro atoms. The van der Waals surface area contributed by atoms with Crippen molar-refractivity contribution in [2.75, 3.05) is 0 Å². The van der Waals surface area contributed by atoms with Gasteiger partial charge in [-0.2, -0.15) is 0 Å². The number of thiophene rings is 1. The molecule has 1 unspecified atom stereocenters. The number of halogens is 1. The third kappa shape index (κ3) is 2.42. The second-order valence-corrected chi connectivity index (χ2v) is 3.37. The number of rotatable bonds is 3. The quantitative estimate of drug-likeness (QED) is 0.685. The van der Waals surface area contributed by atoms with Gasteiger partial charge in [-0.15, -0.1) is 11.3 Å². The zero-order valence-corrected chi connectivity index (χ0v) is 7.03. The lowest BCUT2D eigenvalue weighted by Gasteiger charge is -2.00. The SMILES string of the molecule is CC(=O)CC(F)c1cccs1. The molecule has 0 aliphatic heterocycles. The van der Waals surface area contributed by atoms with Gasteiger partial charge in [0.25, 0.3) is 0 Å². The van der Waals surface area contributed by atoms with Crippen LogP contribution in [0.3, 0.4) is 0 Å². The van der Waals surface area contributed by atoms with Gasteiger partial charge in [0.15, 0.2) is 0 Å². The first-order chi connectivity index (χ1) is 5.20. The topological polar surface area (TPSA) is 17.1 Å². The van der Waals surface area contributed by atoms with Gasteiger partial charge in [0, 0.05) is 11.3 Å². The van der Waals surface area contributed by atoms with Gasteiger partial charge in [-0.3, -0.25) is 4.79 Å². The number of carbonyl (C=O) groups is 1. The van der Waals surface area contributed by atoms with Gasteiger partial charge in [-0.1, -0.05) is 6.07 Å². The van der Waals surface area contributed by atoms with Crippen molar-refractivity contribution in [1.82, 2.24) is 0 Å². The maximum absolute atomic E-state index is 13.0. The van der Waals surface area contributed by atoms with Crippen LogP contribution in [0.15, 0.2) is 17.5 Å². The standard InChI is InChI=1S/C8H9FOS/c1-6(10)5-7(9)8-3-2-4-11-8/h2-4,7H,5H2,1H3. The Morgan fingerprint density at radius 1 is 1.82 bits per heavy atom. The Bertz CT molecular complexity index is 230. The number of hydrogen-bond acceptors (Lipinski definition) is 2. The van der Waals surface area contributed by atoms with Crippen molar-refractivity contribution in [3.63, 3.8) is 0 Å². The molecular formula is C8H9FOS. The fourth-order valence-corrected chi connectivity index (χ4v) is 1.52. The number of hydrogen-bond donors (Lipinski definition) is 0. The van der Waals surface area contributed by atoms with E-state index in [9.17, 15) is 9.18 Å². The molecule has 3 heteroatoms. The van der Waals surface area contributed by atoms with Gasteiger partial charge >= 0.3 is 0 Å². The van der Waals surface area contributed by atoms with E-state index in [-0.39, 0.29) is 12.2 Å². The number of carbonyl (C=O) groups excluding carboxylic acids is 1. The number of ketones is 1. The molecule has 0 amide bonds. The monoisotopic (exact) mass is 172 g/mol. The molecular weight excluding hydrogens is 163 g/mol. The fraction of sp³-hybridized carbons (Fsp3) is 0.375. The zero-order chi connectivity index (χ0) is 8.27. The summed E-state index contributed by atoms with van der Waals surface area (Å²) in [5.41, 5.74) is 0. The highest BCUT2D eigenvalue weighted by atomic mass is 32.1. The first-order valence-corrected chi connectivity index (χ1v) is 4.25. The molecule has 0 saturated carbocycles. The molecule has 1 atom stereocenters. The Labute approximate surface area is 68.9 Å². The summed E-state index contributed by atoms with van der Waals surface area (Å²) in [7, 11) is 0. The van der Waals surface area contributed by atoms with E-state index in [4.69, 9.17) is 0 Å². The summed E-state index contributed by atoms with van der Waals surface area (Å²) in [6, 6.07) is 3.49. The van der Waals surface area contributed by atoms with Crippen LogP contribution in [0.5, 0.6) is 0 Å². The van der Waals surface area contributed by atoms with Gasteiger partial charge in [-0.05, 0) is 18.4 Å². The van der Waals surface area contributed by atoms with Crippen molar-refractivity contribution in [3.05, 3.63) is 22.4 Å². The minimum Gasteiger partial charge on any atom is -0.300 e. The molecule has 0 radical (unpaired) electrons. The summed E-state index contributed by atoms with van der Waals surface area (Å²) in [5.74, 6) is -0.106. The van der Waals surface area contributed by atoms with E-state index in [2.05, 4.69) is 0 Å². The maximum atomic E-state index is 13.0. The molecule has 60 valence electrons. The van der Waals surface area contributed by atoms with Gasteiger partial charge in [0.2, 0.25) is 0 Å². The van der Waals surface area contributed by atoms with Crippen LogP contribution >= 0.6 is 11.3 Å². The van der Waals surface area contributed by atoms with Gasteiger partial charge in [0.1, 0.15) is 12.0 Å². The van der Waals surface area contributed by atoms with E-state index in [1.165, 1.54) is 18.3 Å². The Morgan fingerprint density at radius 2 is 2.55 bits per heavy atom. The Morgan fingerprint density at radius 3 is 3.00 bits per heavy atom. The molecule has 1 aromatic rings. The molecule has 0 aliphatic rings. The molecule has 0 saturated heterocycles. The highest BCUT2D eigenvalue weighted by Gasteiger charge is 2.12. The highest BCUT2D eigenvalue weighted by Crippen LogP contribution is 2.25. The van der Waals surface area contributed by atoms with Crippen molar-refractivity contribution in [3.8, 4) is 0 Å². The van der Waals surface area contributed by atoms with Crippen LogP contribution < -0.4 is 0 Å². The smallest absolute Gasteiger partial charge is 0.141 e. The minimum atomic E-state index is -1.10. The average molecular weight is 172 g/mol. The lowest BCUT2D eigenvalue weighted by molar-refractivity contribution is -0.118. The first kappa shape index (κ1) is 8.40. The molecule has 0 bridgehead atoms. The van der Waals surface area contributed by atoms with Crippen molar-refractivity contribution in [2.45, 2.75) is 19.5 Å². The molecule has 1 nitrogen and oxygen atoms in total. The van der Waals surface area contributed by atoms with E-state index < -0.39 is 6.17 Å². The van der Waals surface area contributed by atoms with Crippen LogP contribution in [-0.2, 0) is 4.79 Å². The lowest BCUT2D eigenvalue weighted by Crippen LogP contribution is -1.96. The molecule has 1 aromatic heterocycles. The second kappa shape index (κ2) is 3.62. The van der Waals surface area contributed by atoms with E-state index in [1.54, 1.807) is 12.1 Å². The van der Waals surface area contributed by atoms with E-state index >= 15 is 0 Å². The predicted octanol–water partition coefficient (Wildman–Crippen LogP) is 2.74. The summed E-state index contributed by atoms with van der Waals surface area (Å²) in [4.78, 5) is 11.2. The van der Waals surface area contributed by atoms with Crippen LogP contribution in [0.4, 0.5) is 4.39 Å². The summed E-state index contributed by atoms with van der Waals surface area (Å²) in [5, 5.41) is 1.81. The Kier molecular flexibility index (Phi) is 2.76. The second-order valence-electron chi connectivity index (χ2n) is 2.39. The molecule has 1 rings (SSSR count). The van der Waals surface area contributed by atoms with Crippen molar-refractivity contribution in [2.24, 2.45) is 0 Å². The summed E-state index contributed by atoms with van der Waals surface area (Å²) < 4.78 is 13.0. The largest absolute Gasteiger partial charge is 0.300 e. The van der Waals surface area contributed by atoms with Crippen LogP contribution in [0, 0.1) is 0 Å². The van der Waals surface area contributed by atoms with Crippen LogP contribution in [0.1, 0.15) is 24.4 Å². The van der Waals surface area contributed by atoms with Gasteiger partial charge in [0.05, 0.1) is 0 Å². The van der Waals surface area contributed by atoms with Crippen LogP contribution in [0.2, 0.25) is 0 Å². The fourth-order valence-electron chi connectivity index (χ4n) is 0.822. The molecule has 1 heterocycles. The minimum absolute atomic E-state index is 0.000509. The first-order valence-electron chi connectivity index (χ1n) is 3.37. The average Bonchev–Trinajstić information content (AvgIpc) is 2.35. The van der Waals surface area contributed by atoms with Crippen molar-refractivity contribution < 1.29 is 9.18 Å². The van der Waals surface area contributed by atoms with E-state index in [0.717, 1.165) is 0 Å². The summed E-state index contributed by atoms with van der Waals surface area (Å²) in [6.07, 6.45) is -1.10. The third-order valence-electron chi connectivity index (χ3n) is 1.32. The maximum Gasteiger partial charge on any atom is 0.141 e. The molecule has 11 heavy (non-hydrogen) atoms. The van der Waals surface area contributed by atoms with Crippen LogP contribution in [0.25, 0.3) is 0 Å². The summed E-state index contributed by atoms with van der Waals surface area (Å²) in [6.45, 7) is 1.40. The van der Waals surface area contributed by atoms with Crippen molar-refractivity contribution >= 4 is 17.1 Å². The molecule has 0 N–H and O–H groups in total. The van der Waals surface area contributed by atoms with Gasteiger partial charge in [-0.25, -0.2) is 4.39 Å². The molecule has 0 aliphatic carbocycles. The Hall–Kier alpha value is -0.700. The Balaban J connectivity index is 2.56. The normalized spacial score (nSPS) is 12.9. The van der Waals surface area contributed by atoms with Gasteiger partial charge < -0.3 is 0 Å². The molecule has 0 fully saturated rings. The zero-order valence-electron chi connectivity index (χ0n) is 6.21. The molecule has 0 aromatic carbocycles.